The highest BCUT2D eigenvalue weighted by Crippen LogP contribution is 2.21. The maximum Gasteiger partial charge on any atom is 0.119 e. The van der Waals surface area contributed by atoms with Gasteiger partial charge in [0.2, 0.25) is 0 Å². The van der Waals surface area contributed by atoms with Crippen LogP contribution in [-0.2, 0) is 4.74 Å². The molecule has 0 spiro atoms. The van der Waals surface area contributed by atoms with E-state index in [0.717, 1.165) is 20.4 Å². The monoisotopic (exact) mass is 878 g/mol. The Morgan fingerprint density at radius 2 is 0.844 bits per heavy atom. The van der Waals surface area contributed by atoms with Crippen molar-refractivity contribution in [2.24, 2.45) is 0 Å². The highest BCUT2D eigenvalue weighted by Gasteiger charge is 2.24. The van der Waals surface area contributed by atoms with E-state index in [1.807, 2.05) is 0 Å². The Labute approximate surface area is 307 Å². The summed E-state index contributed by atoms with van der Waals surface area (Å²) in [7, 11) is -2.81. The van der Waals surface area contributed by atoms with Crippen molar-refractivity contribution < 1.29 is 14.2 Å². The van der Waals surface area contributed by atoms with Gasteiger partial charge in [-0.2, -0.15) is 0 Å². The molecule has 0 saturated carbocycles. The molecule has 45 heavy (non-hydrogen) atoms. The number of rotatable bonds is 26. The van der Waals surface area contributed by atoms with Crippen molar-refractivity contribution in [2.45, 2.75) is 141 Å². The van der Waals surface area contributed by atoms with Crippen LogP contribution in [0.4, 0.5) is 0 Å². The van der Waals surface area contributed by atoms with E-state index in [-0.39, 0.29) is 12.2 Å². The standard InChI is InChI=1S/C38H64I2O3Si2/c1-7-9-11-13-15-17-27-44(3,4)37-23-19-33(20-24-37)41-31-35(29-39)43-36(30-40)32-42-34-21-25-38(26-22-34)45(5,6)28-18-16-14-12-10-8-2/h19-26,35-36H,7-18,27-32H2,1-6H3. The maximum atomic E-state index is 6.46. The highest BCUT2D eigenvalue weighted by molar-refractivity contribution is 14.1. The Balaban J connectivity index is 1.77. The van der Waals surface area contributed by atoms with Crippen molar-refractivity contribution in [1.82, 2.24) is 0 Å². The Kier molecular flexibility index (Phi) is 21.2. The second kappa shape index (κ2) is 23.3. The molecule has 0 aliphatic rings. The lowest BCUT2D eigenvalue weighted by Gasteiger charge is -2.25. The molecule has 2 aromatic rings. The zero-order valence-electron chi connectivity index (χ0n) is 29.5. The Hall–Kier alpha value is -0.106. The summed E-state index contributed by atoms with van der Waals surface area (Å²) in [5.41, 5.74) is 0. The summed E-state index contributed by atoms with van der Waals surface area (Å²) in [6, 6.07) is 20.6. The lowest BCUT2D eigenvalue weighted by molar-refractivity contribution is -0.0262. The van der Waals surface area contributed by atoms with Crippen molar-refractivity contribution in [3.05, 3.63) is 48.5 Å². The Bertz CT molecular complexity index is 933. The van der Waals surface area contributed by atoms with E-state index in [0.29, 0.717) is 13.2 Å². The second-order valence-electron chi connectivity index (χ2n) is 14.2. The minimum Gasteiger partial charge on any atom is -0.491 e. The fraction of sp³-hybridized carbons (Fsp3) is 0.684. The van der Waals surface area contributed by atoms with Gasteiger partial charge in [-0.05, 0) is 24.3 Å². The SMILES string of the molecule is CCCCCCCC[Si](C)(C)c1ccc(OCC(CI)OC(CI)COc2ccc([Si](C)(C)CCCCCCCC)cc2)cc1. The number of alkyl halides is 2. The van der Waals surface area contributed by atoms with E-state index in [9.17, 15) is 0 Å². The van der Waals surface area contributed by atoms with Crippen LogP contribution in [-0.4, -0.2) is 50.4 Å². The first-order valence-corrected chi connectivity index (χ1v) is 27.4. The fourth-order valence-corrected chi connectivity index (χ4v) is 11.8. The van der Waals surface area contributed by atoms with E-state index >= 15 is 0 Å². The minimum absolute atomic E-state index is 0.0308. The largest absolute Gasteiger partial charge is 0.491 e. The topological polar surface area (TPSA) is 27.7 Å². The van der Waals surface area contributed by atoms with Gasteiger partial charge in [-0.3, -0.25) is 0 Å². The maximum absolute atomic E-state index is 6.46. The summed E-state index contributed by atoms with van der Waals surface area (Å²) in [5, 5.41) is 3.06. The molecule has 2 atom stereocenters. The molecule has 0 N–H and O–H groups in total. The van der Waals surface area contributed by atoms with Gasteiger partial charge in [0, 0.05) is 8.86 Å². The van der Waals surface area contributed by atoms with E-state index in [1.165, 1.54) is 99.5 Å². The number of halogens is 2. The highest BCUT2D eigenvalue weighted by atomic mass is 127. The van der Waals surface area contributed by atoms with E-state index < -0.39 is 16.1 Å². The third-order valence-corrected chi connectivity index (χ3v) is 18.1. The van der Waals surface area contributed by atoms with E-state index in [1.54, 1.807) is 0 Å². The van der Waals surface area contributed by atoms with Crippen LogP contribution in [0, 0.1) is 0 Å². The molecule has 0 aromatic heterocycles. The number of ether oxygens (including phenoxy) is 3. The van der Waals surface area contributed by atoms with Gasteiger partial charge in [-0.25, -0.2) is 0 Å². The molecule has 2 rings (SSSR count). The molecule has 0 heterocycles. The lowest BCUT2D eigenvalue weighted by atomic mass is 10.1. The Morgan fingerprint density at radius 3 is 1.18 bits per heavy atom. The van der Waals surface area contributed by atoms with Gasteiger partial charge < -0.3 is 14.2 Å². The molecule has 2 aromatic carbocycles. The predicted octanol–water partition coefficient (Wildman–Crippen LogP) is 11.3. The molecular formula is C38H64I2O3Si2. The molecular weight excluding hydrogens is 814 g/mol. The molecule has 2 unspecified atom stereocenters. The molecule has 0 bridgehead atoms. The zero-order chi connectivity index (χ0) is 33.0. The van der Waals surface area contributed by atoms with Crippen LogP contribution in [0.25, 0.3) is 0 Å². The van der Waals surface area contributed by atoms with Gasteiger partial charge >= 0.3 is 0 Å². The second-order valence-corrected chi connectivity index (χ2v) is 25.6. The normalized spacial score (nSPS) is 13.5. The first-order valence-electron chi connectivity index (χ1n) is 17.9. The van der Waals surface area contributed by atoms with Gasteiger partial charge in [0.1, 0.15) is 36.9 Å². The van der Waals surface area contributed by atoms with Crippen LogP contribution in [0.3, 0.4) is 0 Å². The van der Waals surface area contributed by atoms with E-state index in [4.69, 9.17) is 14.2 Å². The summed E-state index contributed by atoms with van der Waals surface area (Å²) in [6.07, 6.45) is 16.5. The predicted molar refractivity (Wildman–Crippen MR) is 221 cm³/mol. The van der Waals surface area contributed by atoms with Crippen molar-refractivity contribution in [3.63, 3.8) is 0 Å². The summed E-state index contributed by atoms with van der Waals surface area (Å²) in [5.74, 6) is 1.87. The van der Waals surface area contributed by atoms with Crippen LogP contribution < -0.4 is 19.8 Å². The zero-order valence-corrected chi connectivity index (χ0v) is 35.8. The van der Waals surface area contributed by atoms with Gasteiger partial charge in [-0.15, -0.1) is 0 Å². The number of benzene rings is 2. The summed E-state index contributed by atoms with van der Waals surface area (Å²) in [6.45, 7) is 15.7. The van der Waals surface area contributed by atoms with E-state index in [2.05, 4.69) is 134 Å². The third-order valence-electron chi connectivity index (χ3n) is 9.18. The molecule has 256 valence electrons. The quantitative estimate of drug-likeness (QED) is 0.0408. The molecule has 0 amide bonds. The molecule has 7 heteroatoms. The van der Waals surface area contributed by atoms with Crippen LogP contribution in [0.1, 0.15) is 90.9 Å². The molecule has 3 nitrogen and oxygen atoms in total. The van der Waals surface area contributed by atoms with Crippen molar-refractivity contribution in [2.75, 3.05) is 22.1 Å². The molecule has 0 saturated heterocycles. The third kappa shape index (κ3) is 16.7. The van der Waals surface area contributed by atoms with Crippen LogP contribution in [0.2, 0.25) is 38.3 Å². The van der Waals surface area contributed by atoms with Crippen molar-refractivity contribution in [1.29, 1.82) is 0 Å². The average Bonchev–Trinajstić information content (AvgIpc) is 3.04. The lowest BCUT2D eigenvalue weighted by Crippen LogP contribution is -2.41. The first-order chi connectivity index (χ1) is 21.6. The Morgan fingerprint density at radius 1 is 0.511 bits per heavy atom. The summed E-state index contributed by atoms with van der Waals surface area (Å²) < 4.78 is 20.7. The first kappa shape index (κ1) is 41.1. The number of hydrogen-bond acceptors (Lipinski definition) is 3. The van der Waals surface area contributed by atoms with Crippen LogP contribution in [0.15, 0.2) is 48.5 Å². The van der Waals surface area contributed by atoms with Crippen molar-refractivity contribution in [3.8, 4) is 11.5 Å². The molecule has 0 aliphatic carbocycles. The van der Waals surface area contributed by atoms with Crippen molar-refractivity contribution >= 4 is 71.7 Å². The fourth-order valence-electron chi connectivity index (χ4n) is 5.88. The van der Waals surface area contributed by atoms with Crippen LogP contribution >= 0.6 is 45.2 Å². The van der Waals surface area contributed by atoms with Gasteiger partial charge in [0.15, 0.2) is 0 Å². The van der Waals surface area contributed by atoms with Crippen LogP contribution in [0.5, 0.6) is 11.5 Å². The summed E-state index contributed by atoms with van der Waals surface area (Å²) >= 11 is 4.82. The van der Waals surface area contributed by atoms with Gasteiger partial charge in [0.05, 0.1) is 16.1 Å². The summed E-state index contributed by atoms with van der Waals surface area (Å²) in [4.78, 5) is 0. The average molecular weight is 879 g/mol. The molecule has 0 aliphatic heterocycles. The van der Waals surface area contributed by atoms with Gasteiger partial charge in [-0.1, -0.05) is 209 Å². The minimum atomic E-state index is -1.40. The van der Waals surface area contributed by atoms with Gasteiger partial charge in [0.25, 0.3) is 0 Å². The number of hydrogen-bond donors (Lipinski definition) is 0. The molecule has 0 fully saturated rings. The smallest absolute Gasteiger partial charge is 0.119 e. The number of unbranched alkanes of at least 4 members (excludes halogenated alkanes) is 10. The molecule has 0 radical (unpaired) electrons.